The molecule has 1 heterocycles. The first-order chi connectivity index (χ1) is 9.16. The molecule has 0 aliphatic heterocycles. The molecule has 19 heavy (non-hydrogen) atoms. The molecule has 0 saturated carbocycles. The highest BCUT2D eigenvalue weighted by Crippen LogP contribution is 2.13. The van der Waals surface area contributed by atoms with E-state index < -0.39 is 5.82 Å². The van der Waals surface area contributed by atoms with E-state index in [1.54, 1.807) is 6.92 Å². The summed E-state index contributed by atoms with van der Waals surface area (Å²) < 4.78 is 14.8. The molecule has 0 bridgehead atoms. The van der Waals surface area contributed by atoms with Gasteiger partial charge in [-0.05, 0) is 37.3 Å². The SMILES string of the molecule is Cc1nc2ccc(F)cc2c(=O)n1-c1ccccc1. The largest absolute Gasteiger partial charge is 0.268 e. The minimum atomic E-state index is -0.435. The molecule has 3 aromatic rings. The second-order valence-corrected chi connectivity index (χ2v) is 4.30. The molecule has 0 spiro atoms. The Morgan fingerprint density at radius 1 is 1.11 bits per heavy atom. The molecule has 0 aliphatic carbocycles. The Labute approximate surface area is 109 Å². The normalized spacial score (nSPS) is 10.8. The maximum atomic E-state index is 13.3. The molecular weight excluding hydrogens is 243 g/mol. The van der Waals surface area contributed by atoms with Gasteiger partial charge in [0.25, 0.3) is 5.56 Å². The van der Waals surface area contributed by atoms with Gasteiger partial charge in [-0.15, -0.1) is 0 Å². The second-order valence-electron chi connectivity index (χ2n) is 4.30. The van der Waals surface area contributed by atoms with Gasteiger partial charge in [-0.3, -0.25) is 9.36 Å². The summed E-state index contributed by atoms with van der Waals surface area (Å²) in [4.78, 5) is 16.8. The van der Waals surface area contributed by atoms with Gasteiger partial charge in [0.1, 0.15) is 11.6 Å². The first-order valence-electron chi connectivity index (χ1n) is 5.91. The Morgan fingerprint density at radius 3 is 2.58 bits per heavy atom. The fourth-order valence-electron chi connectivity index (χ4n) is 2.15. The number of hydrogen-bond donors (Lipinski definition) is 0. The van der Waals surface area contributed by atoms with E-state index in [0.29, 0.717) is 11.3 Å². The fraction of sp³-hybridized carbons (Fsp3) is 0.0667. The molecule has 0 unspecified atom stereocenters. The average molecular weight is 254 g/mol. The predicted octanol–water partition coefficient (Wildman–Crippen LogP) is 2.83. The number of aromatic nitrogens is 2. The van der Waals surface area contributed by atoms with Crippen LogP contribution >= 0.6 is 0 Å². The topological polar surface area (TPSA) is 34.9 Å². The van der Waals surface area contributed by atoms with Gasteiger partial charge in [0.2, 0.25) is 0 Å². The van der Waals surface area contributed by atoms with Gasteiger partial charge in [0, 0.05) is 0 Å². The highest BCUT2D eigenvalue weighted by Gasteiger charge is 2.10. The molecule has 0 N–H and O–H groups in total. The van der Waals surface area contributed by atoms with E-state index in [9.17, 15) is 9.18 Å². The maximum absolute atomic E-state index is 13.3. The summed E-state index contributed by atoms with van der Waals surface area (Å²) in [7, 11) is 0. The lowest BCUT2D eigenvalue weighted by Gasteiger charge is -2.10. The van der Waals surface area contributed by atoms with Crippen LogP contribution in [0.15, 0.2) is 53.3 Å². The van der Waals surface area contributed by atoms with Gasteiger partial charge < -0.3 is 0 Å². The lowest BCUT2D eigenvalue weighted by Crippen LogP contribution is -2.22. The summed E-state index contributed by atoms with van der Waals surface area (Å²) in [5, 5.41) is 0.287. The number of rotatable bonds is 1. The van der Waals surface area contributed by atoms with Gasteiger partial charge in [-0.1, -0.05) is 18.2 Å². The van der Waals surface area contributed by atoms with Crippen LogP contribution in [-0.4, -0.2) is 9.55 Å². The van der Waals surface area contributed by atoms with Crippen molar-refractivity contribution in [3.63, 3.8) is 0 Å². The Kier molecular flexibility index (Phi) is 2.63. The number of benzene rings is 2. The van der Waals surface area contributed by atoms with Gasteiger partial charge in [0.05, 0.1) is 16.6 Å². The number of nitrogens with zero attached hydrogens (tertiary/aromatic N) is 2. The molecule has 0 atom stereocenters. The fourth-order valence-corrected chi connectivity index (χ4v) is 2.15. The molecule has 94 valence electrons. The smallest absolute Gasteiger partial charge is 0.266 e. The zero-order chi connectivity index (χ0) is 13.4. The number of para-hydroxylation sites is 1. The van der Waals surface area contributed by atoms with Gasteiger partial charge in [-0.25, -0.2) is 9.37 Å². The molecule has 0 fully saturated rings. The number of halogens is 1. The molecule has 0 amide bonds. The molecular formula is C15H11FN2O. The first kappa shape index (κ1) is 11.6. The number of fused-ring (bicyclic) bond motifs is 1. The van der Waals surface area contributed by atoms with Crippen LogP contribution in [0, 0.1) is 12.7 Å². The van der Waals surface area contributed by atoms with Crippen molar-refractivity contribution in [3.05, 3.63) is 70.5 Å². The van der Waals surface area contributed by atoms with Gasteiger partial charge in [-0.2, -0.15) is 0 Å². The van der Waals surface area contributed by atoms with Crippen molar-refractivity contribution in [2.45, 2.75) is 6.92 Å². The van der Waals surface area contributed by atoms with E-state index in [-0.39, 0.29) is 10.9 Å². The van der Waals surface area contributed by atoms with Crippen molar-refractivity contribution in [2.24, 2.45) is 0 Å². The summed E-state index contributed by atoms with van der Waals surface area (Å²) >= 11 is 0. The van der Waals surface area contributed by atoms with Crippen LogP contribution in [0.5, 0.6) is 0 Å². The highest BCUT2D eigenvalue weighted by molar-refractivity contribution is 5.78. The minimum absolute atomic E-state index is 0.256. The zero-order valence-corrected chi connectivity index (χ0v) is 10.3. The Bertz CT molecular complexity index is 809. The Morgan fingerprint density at radius 2 is 1.84 bits per heavy atom. The van der Waals surface area contributed by atoms with E-state index in [4.69, 9.17) is 0 Å². The summed E-state index contributed by atoms with van der Waals surface area (Å²) in [6.45, 7) is 1.76. The molecule has 0 saturated heterocycles. The summed E-state index contributed by atoms with van der Waals surface area (Å²) in [5.74, 6) is 0.144. The minimum Gasteiger partial charge on any atom is -0.268 e. The molecule has 0 radical (unpaired) electrons. The molecule has 3 rings (SSSR count). The summed E-state index contributed by atoms with van der Waals surface area (Å²) in [6, 6.07) is 13.3. The van der Waals surface area contributed by atoms with Crippen LogP contribution in [0.4, 0.5) is 4.39 Å². The number of aryl methyl sites for hydroxylation is 1. The van der Waals surface area contributed by atoms with Crippen LogP contribution in [0.2, 0.25) is 0 Å². The van der Waals surface area contributed by atoms with Crippen molar-refractivity contribution in [3.8, 4) is 5.69 Å². The van der Waals surface area contributed by atoms with Crippen molar-refractivity contribution in [1.82, 2.24) is 9.55 Å². The van der Waals surface area contributed by atoms with Crippen LogP contribution in [-0.2, 0) is 0 Å². The average Bonchev–Trinajstić information content (AvgIpc) is 2.41. The maximum Gasteiger partial charge on any atom is 0.266 e. The molecule has 2 aromatic carbocycles. The van der Waals surface area contributed by atoms with Crippen LogP contribution in [0.25, 0.3) is 16.6 Å². The second kappa shape index (κ2) is 4.31. The third kappa shape index (κ3) is 1.91. The summed E-state index contributed by atoms with van der Waals surface area (Å²) in [5.41, 5.74) is 0.980. The highest BCUT2D eigenvalue weighted by atomic mass is 19.1. The lowest BCUT2D eigenvalue weighted by atomic mass is 10.2. The molecule has 0 aliphatic rings. The van der Waals surface area contributed by atoms with Crippen molar-refractivity contribution >= 4 is 10.9 Å². The molecule has 4 heteroatoms. The van der Waals surface area contributed by atoms with E-state index in [2.05, 4.69) is 4.98 Å². The molecule has 3 nitrogen and oxygen atoms in total. The van der Waals surface area contributed by atoms with Crippen molar-refractivity contribution in [1.29, 1.82) is 0 Å². The van der Waals surface area contributed by atoms with Gasteiger partial charge >= 0.3 is 0 Å². The van der Waals surface area contributed by atoms with E-state index in [0.717, 1.165) is 5.69 Å². The van der Waals surface area contributed by atoms with Crippen LogP contribution in [0.1, 0.15) is 5.82 Å². The van der Waals surface area contributed by atoms with Gasteiger partial charge in [0.15, 0.2) is 0 Å². The third-order valence-electron chi connectivity index (χ3n) is 3.01. The third-order valence-corrected chi connectivity index (χ3v) is 3.01. The Balaban J connectivity index is 2.41. The standard InChI is InChI=1S/C15H11FN2O/c1-10-17-14-8-7-11(16)9-13(14)15(19)18(10)12-5-3-2-4-6-12/h2-9H,1H3. The molecule has 1 aromatic heterocycles. The van der Waals surface area contributed by atoms with Crippen LogP contribution < -0.4 is 5.56 Å². The predicted molar refractivity (Wildman–Crippen MR) is 72.0 cm³/mol. The zero-order valence-electron chi connectivity index (χ0n) is 10.3. The summed E-state index contributed by atoms with van der Waals surface area (Å²) in [6.07, 6.45) is 0. The van der Waals surface area contributed by atoms with E-state index in [1.807, 2.05) is 30.3 Å². The lowest BCUT2D eigenvalue weighted by molar-refractivity contribution is 0.629. The quantitative estimate of drug-likeness (QED) is 0.669. The monoisotopic (exact) mass is 254 g/mol. The Hall–Kier alpha value is -2.49. The van der Waals surface area contributed by atoms with Crippen molar-refractivity contribution in [2.75, 3.05) is 0 Å². The van der Waals surface area contributed by atoms with E-state index >= 15 is 0 Å². The number of hydrogen-bond acceptors (Lipinski definition) is 2. The van der Waals surface area contributed by atoms with E-state index in [1.165, 1.54) is 22.8 Å². The van der Waals surface area contributed by atoms with Crippen LogP contribution in [0.3, 0.4) is 0 Å². The first-order valence-corrected chi connectivity index (χ1v) is 5.91. The van der Waals surface area contributed by atoms with Crippen molar-refractivity contribution < 1.29 is 4.39 Å².